The van der Waals surface area contributed by atoms with Crippen molar-refractivity contribution in [1.29, 1.82) is 0 Å². The average molecular weight is 610 g/mol. The Hall–Kier alpha value is -6.45. The van der Waals surface area contributed by atoms with Crippen LogP contribution >= 0.6 is 0 Å². The molecule has 222 valence electrons. The van der Waals surface area contributed by atoms with Crippen LogP contribution in [0.1, 0.15) is 0 Å². The topological polar surface area (TPSA) is 38.7 Å². The number of fused-ring (bicyclic) bond motifs is 5. The van der Waals surface area contributed by atoms with Crippen LogP contribution in [0.25, 0.3) is 99.6 Å². The molecule has 3 aromatic heterocycles. The minimum atomic E-state index is 0.840. The van der Waals surface area contributed by atoms with Gasteiger partial charge >= 0.3 is 0 Å². The number of aromatic nitrogens is 3. The molecule has 0 saturated carbocycles. The number of rotatable bonds is 4. The molecule has 1 aliphatic rings. The monoisotopic (exact) mass is 609 g/mol. The van der Waals surface area contributed by atoms with E-state index in [-0.39, 0.29) is 0 Å². The average Bonchev–Trinajstić information content (AvgIpc) is 3.49. The Morgan fingerprint density at radius 3 is 1.65 bits per heavy atom. The molecule has 6 aromatic carbocycles. The molecule has 3 nitrogen and oxygen atoms in total. The number of benzene rings is 6. The summed E-state index contributed by atoms with van der Waals surface area (Å²) in [5.41, 5.74) is 15.9. The first kappa shape index (κ1) is 26.7. The van der Waals surface area contributed by atoms with Gasteiger partial charge in [0.15, 0.2) is 0 Å². The highest BCUT2D eigenvalue weighted by Crippen LogP contribution is 2.58. The van der Waals surface area contributed by atoms with E-state index in [0.29, 0.717) is 0 Å². The maximum atomic E-state index is 4.90. The third-order valence-corrected chi connectivity index (χ3v) is 9.71. The Bertz CT molecular complexity index is 2610. The van der Waals surface area contributed by atoms with Crippen LogP contribution in [-0.4, -0.2) is 15.0 Å². The van der Waals surface area contributed by atoms with Crippen LogP contribution < -0.4 is 0 Å². The molecule has 48 heavy (non-hydrogen) atoms. The lowest BCUT2D eigenvalue weighted by Gasteiger charge is -2.20. The molecule has 0 aliphatic heterocycles. The summed E-state index contributed by atoms with van der Waals surface area (Å²) in [6.07, 6.45) is 3.77. The summed E-state index contributed by atoms with van der Waals surface area (Å²) in [5.74, 6) is 0. The standard InChI is InChI=1S/C45H27N3/c1-3-11-28(12-4-1)41-33-15-7-8-16-34(33)42(29-13-5-2-6-14-29)45-36-22-21-31(32-17-9-18-35(43(32)36)44(41)45)30-20-23-38(47-27-30)40-25-24-37-39(48-40)19-10-26-46-37/h1-27H. The molecule has 0 N–H and O–H groups in total. The molecule has 10 rings (SSSR count). The fraction of sp³-hybridized carbons (Fsp3) is 0. The molecule has 9 aromatic rings. The van der Waals surface area contributed by atoms with Crippen LogP contribution in [0.2, 0.25) is 0 Å². The van der Waals surface area contributed by atoms with E-state index < -0.39 is 0 Å². The SMILES string of the molecule is c1ccc(-c2c3c(c(-c4ccccc4)c4ccccc24)-c2ccc(-c4ccc(-c5ccc6ncccc6n5)nc4)c4cccc-3c24)cc1. The van der Waals surface area contributed by atoms with Crippen LogP contribution in [0.15, 0.2) is 164 Å². The van der Waals surface area contributed by atoms with Crippen molar-refractivity contribution in [2.24, 2.45) is 0 Å². The van der Waals surface area contributed by atoms with E-state index in [2.05, 4.69) is 132 Å². The van der Waals surface area contributed by atoms with E-state index in [4.69, 9.17) is 9.97 Å². The van der Waals surface area contributed by atoms with E-state index in [9.17, 15) is 0 Å². The Morgan fingerprint density at radius 1 is 0.333 bits per heavy atom. The van der Waals surface area contributed by atoms with E-state index in [0.717, 1.165) is 28.0 Å². The largest absolute Gasteiger partial charge is 0.255 e. The Morgan fingerprint density at radius 2 is 0.958 bits per heavy atom. The van der Waals surface area contributed by atoms with Crippen LogP contribution in [0.3, 0.4) is 0 Å². The Balaban J connectivity index is 1.21. The lowest BCUT2D eigenvalue weighted by Crippen LogP contribution is -1.93. The van der Waals surface area contributed by atoms with Gasteiger partial charge in [-0.15, -0.1) is 0 Å². The van der Waals surface area contributed by atoms with Crippen LogP contribution in [0.4, 0.5) is 0 Å². The first-order valence-electron chi connectivity index (χ1n) is 16.3. The summed E-state index contributed by atoms with van der Waals surface area (Å²) in [6.45, 7) is 0. The molecule has 3 heterocycles. The van der Waals surface area contributed by atoms with Crippen molar-refractivity contribution in [3.05, 3.63) is 164 Å². The minimum Gasteiger partial charge on any atom is -0.255 e. The molecule has 0 radical (unpaired) electrons. The van der Waals surface area contributed by atoms with Gasteiger partial charge < -0.3 is 0 Å². The number of hydrogen-bond acceptors (Lipinski definition) is 3. The first-order valence-corrected chi connectivity index (χ1v) is 16.3. The van der Waals surface area contributed by atoms with E-state index in [1.807, 2.05) is 30.5 Å². The maximum Gasteiger partial charge on any atom is 0.0895 e. The van der Waals surface area contributed by atoms with Gasteiger partial charge in [-0.1, -0.05) is 121 Å². The Labute approximate surface area is 277 Å². The zero-order chi connectivity index (χ0) is 31.6. The van der Waals surface area contributed by atoms with Crippen molar-refractivity contribution in [3.63, 3.8) is 0 Å². The molecule has 0 atom stereocenters. The summed E-state index contributed by atoms with van der Waals surface area (Å²) in [4.78, 5) is 14.1. The zero-order valence-electron chi connectivity index (χ0n) is 25.9. The fourth-order valence-corrected chi connectivity index (χ4v) is 7.67. The summed E-state index contributed by atoms with van der Waals surface area (Å²) in [7, 11) is 0. The van der Waals surface area contributed by atoms with Crippen molar-refractivity contribution in [2.45, 2.75) is 0 Å². The number of hydrogen-bond donors (Lipinski definition) is 0. The van der Waals surface area contributed by atoms with Gasteiger partial charge in [0.05, 0.1) is 22.4 Å². The minimum absolute atomic E-state index is 0.840. The molecule has 0 fully saturated rings. The predicted octanol–water partition coefficient (Wildman–Crippen LogP) is 11.6. The molecule has 1 aliphatic carbocycles. The normalized spacial score (nSPS) is 11.8. The van der Waals surface area contributed by atoms with Crippen molar-refractivity contribution in [2.75, 3.05) is 0 Å². The molecule has 0 bridgehead atoms. The summed E-state index contributed by atoms with van der Waals surface area (Å²) < 4.78 is 0. The van der Waals surface area contributed by atoms with E-state index in [1.54, 1.807) is 6.20 Å². The second-order valence-electron chi connectivity index (χ2n) is 12.3. The molecular formula is C45H27N3. The van der Waals surface area contributed by atoms with Crippen molar-refractivity contribution < 1.29 is 0 Å². The van der Waals surface area contributed by atoms with E-state index in [1.165, 1.54) is 71.6 Å². The molecule has 0 spiro atoms. The van der Waals surface area contributed by atoms with Gasteiger partial charge in [0.2, 0.25) is 0 Å². The lowest BCUT2D eigenvalue weighted by atomic mass is 9.82. The third kappa shape index (κ3) is 3.98. The van der Waals surface area contributed by atoms with Gasteiger partial charge in [-0.25, -0.2) is 4.98 Å². The van der Waals surface area contributed by atoms with Crippen molar-refractivity contribution in [1.82, 2.24) is 15.0 Å². The van der Waals surface area contributed by atoms with Crippen LogP contribution in [0.5, 0.6) is 0 Å². The second-order valence-corrected chi connectivity index (χ2v) is 12.3. The van der Waals surface area contributed by atoms with Gasteiger partial charge in [0.25, 0.3) is 0 Å². The van der Waals surface area contributed by atoms with Gasteiger partial charge in [0, 0.05) is 18.0 Å². The highest BCUT2D eigenvalue weighted by molar-refractivity contribution is 6.28. The highest BCUT2D eigenvalue weighted by atomic mass is 14.8. The summed E-state index contributed by atoms with van der Waals surface area (Å²) in [5, 5.41) is 5.06. The Kier molecular flexibility index (Phi) is 5.87. The summed E-state index contributed by atoms with van der Waals surface area (Å²) in [6, 6.07) is 54.2. The van der Waals surface area contributed by atoms with Crippen molar-refractivity contribution in [3.8, 4) is 67.0 Å². The molecular weight excluding hydrogens is 583 g/mol. The third-order valence-electron chi connectivity index (χ3n) is 9.71. The highest BCUT2D eigenvalue weighted by Gasteiger charge is 2.31. The van der Waals surface area contributed by atoms with Gasteiger partial charge in [0.1, 0.15) is 0 Å². The molecule has 3 heteroatoms. The fourth-order valence-electron chi connectivity index (χ4n) is 7.67. The predicted molar refractivity (Wildman–Crippen MR) is 199 cm³/mol. The van der Waals surface area contributed by atoms with Gasteiger partial charge in [-0.3, -0.25) is 9.97 Å². The molecule has 0 unspecified atom stereocenters. The summed E-state index contributed by atoms with van der Waals surface area (Å²) >= 11 is 0. The zero-order valence-corrected chi connectivity index (χ0v) is 25.9. The van der Waals surface area contributed by atoms with Crippen molar-refractivity contribution >= 4 is 32.6 Å². The number of nitrogens with zero attached hydrogens (tertiary/aromatic N) is 3. The van der Waals surface area contributed by atoms with Crippen LogP contribution in [0, 0.1) is 0 Å². The molecule has 0 saturated heterocycles. The maximum absolute atomic E-state index is 4.90. The van der Waals surface area contributed by atoms with Crippen LogP contribution in [-0.2, 0) is 0 Å². The van der Waals surface area contributed by atoms with E-state index >= 15 is 0 Å². The lowest BCUT2D eigenvalue weighted by molar-refractivity contribution is 1.27. The van der Waals surface area contributed by atoms with Gasteiger partial charge in [-0.05, 0) is 102 Å². The first-order chi connectivity index (χ1) is 23.8. The quantitative estimate of drug-likeness (QED) is 0.199. The second kappa shape index (κ2) is 10.5. The molecule has 0 amide bonds. The number of pyridine rings is 3. The van der Waals surface area contributed by atoms with Gasteiger partial charge in [-0.2, -0.15) is 0 Å². The smallest absolute Gasteiger partial charge is 0.0895 e.